The molecular formula is C2H5NO2S. The number of amides is 1. The number of hydrogen-bond donors (Lipinski definition) is 2. The SMILES string of the molecule is NC(=O)CSO. The van der Waals surface area contributed by atoms with Crippen molar-refractivity contribution in [3.63, 3.8) is 0 Å². The van der Waals surface area contributed by atoms with Gasteiger partial charge in [-0.2, -0.15) is 0 Å². The number of carbonyl (C=O) groups is 1. The summed E-state index contributed by atoms with van der Waals surface area (Å²) in [5, 5.41) is 0. The zero-order chi connectivity index (χ0) is 4.99. The van der Waals surface area contributed by atoms with Crippen LogP contribution >= 0.6 is 12.0 Å². The second kappa shape index (κ2) is 2.99. The van der Waals surface area contributed by atoms with Crippen LogP contribution in [-0.4, -0.2) is 16.2 Å². The number of nitrogens with two attached hydrogens (primary N) is 1. The van der Waals surface area contributed by atoms with Crippen LogP contribution in [-0.2, 0) is 4.79 Å². The first-order valence-corrected chi connectivity index (χ1v) is 2.26. The van der Waals surface area contributed by atoms with Crippen LogP contribution < -0.4 is 5.73 Å². The molecule has 0 unspecified atom stereocenters. The van der Waals surface area contributed by atoms with Gasteiger partial charge in [0.15, 0.2) is 0 Å². The molecule has 0 saturated heterocycles. The van der Waals surface area contributed by atoms with Crippen LogP contribution in [0, 0.1) is 0 Å². The van der Waals surface area contributed by atoms with E-state index in [9.17, 15) is 4.79 Å². The molecule has 0 aliphatic heterocycles. The topological polar surface area (TPSA) is 63.3 Å². The summed E-state index contributed by atoms with van der Waals surface area (Å²) in [4.78, 5) is 9.64. The summed E-state index contributed by atoms with van der Waals surface area (Å²) in [7, 11) is 0. The van der Waals surface area contributed by atoms with Gasteiger partial charge < -0.3 is 10.3 Å². The van der Waals surface area contributed by atoms with Gasteiger partial charge in [-0.15, -0.1) is 0 Å². The lowest BCUT2D eigenvalue weighted by molar-refractivity contribution is -0.115. The summed E-state index contributed by atoms with van der Waals surface area (Å²) in [6, 6.07) is 0. The Morgan fingerprint density at radius 3 is 2.50 bits per heavy atom. The summed E-state index contributed by atoms with van der Waals surface area (Å²) < 4.78 is 7.85. The Bertz CT molecular complexity index is 55.5. The average Bonchev–Trinajstić information content (AvgIpc) is 1.35. The first kappa shape index (κ1) is 5.78. The first-order chi connectivity index (χ1) is 2.77. The molecular weight excluding hydrogens is 102 g/mol. The van der Waals surface area contributed by atoms with Crippen molar-refractivity contribution in [2.45, 2.75) is 0 Å². The predicted molar refractivity (Wildman–Crippen MR) is 24.3 cm³/mol. The van der Waals surface area contributed by atoms with E-state index in [-0.39, 0.29) is 5.75 Å². The minimum Gasteiger partial charge on any atom is -0.369 e. The van der Waals surface area contributed by atoms with Crippen LogP contribution in [0.3, 0.4) is 0 Å². The van der Waals surface area contributed by atoms with E-state index in [1.165, 1.54) is 0 Å². The number of hydrogen-bond acceptors (Lipinski definition) is 3. The molecule has 0 spiro atoms. The van der Waals surface area contributed by atoms with Gasteiger partial charge in [0.25, 0.3) is 0 Å². The smallest absolute Gasteiger partial charge is 0.229 e. The average molecular weight is 107 g/mol. The molecule has 6 heavy (non-hydrogen) atoms. The molecule has 3 nitrogen and oxygen atoms in total. The minimum atomic E-state index is -0.498. The maximum Gasteiger partial charge on any atom is 0.229 e. The van der Waals surface area contributed by atoms with Gasteiger partial charge in [-0.25, -0.2) is 0 Å². The molecule has 0 aromatic rings. The van der Waals surface area contributed by atoms with E-state index >= 15 is 0 Å². The lowest BCUT2D eigenvalue weighted by atomic mass is 10.8. The van der Waals surface area contributed by atoms with Crippen LogP contribution in [0.4, 0.5) is 0 Å². The van der Waals surface area contributed by atoms with Crippen LogP contribution in [0.2, 0.25) is 0 Å². The lowest BCUT2D eigenvalue weighted by Gasteiger charge is -1.80. The fourth-order valence-electron chi connectivity index (χ4n) is 0.0636. The van der Waals surface area contributed by atoms with Crippen molar-refractivity contribution in [3.8, 4) is 0 Å². The Hall–Kier alpha value is -0.220. The summed E-state index contributed by atoms with van der Waals surface area (Å²) in [5.74, 6) is -0.512. The maximum absolute atomic E-state index is 9.64. The molecule has 0 rings (SSSR count). The molecule has 0 aliphatic carbocycles. The van der Waals surface area contributed by atoms with Crippen molar-refractivity contribution in [1.82, 2.24) is 0 Å². The first-order valence-electron chi connectivity index (χ1n) is 1.32. The molecule has 0 aromatic heterocycles. The summed E-state index contributed by atoms with van der Waals surface area (Å²) in [6.45, 7) is 0. The highest BCUT2D eigenvalue weighted by Gasteiger charge is 1.86. The predicted octanol–water partition coefficient (Wildman–Crippen LogP) is -0.322. The third-order valence-corrected chi connectivity index (χ3v) is 0.620. The van der Waals surface area contributed by atoms with Crippen molar-refractivity contribution < 1.29 is 9.35 Å². The Labute approximate surface area is 39.7 Å². The second-order valence-electron chi connectivity index (χ2n) is 0.740. The van der Waals surface area contributed by atoms with Crippen molar-refractivity contribution in [2.75, 3.05) is 5.75 Å². The van der Waals surface area contributed by atoms with Gasteiger partial charge in [0.1, 0.15) is 0 Å². The maximum atomic E-state index is 9.64. The standard InChI is InChI=1S/C2H5NO2S/c3-2(4)1-6-5/h5H,1H2,(H2,3,4). The molecule has 0 radical (unpaired) electrons. The van der Waals surface area contributed by atoms with Crippen molar-refractivity contribution in [1.29, 1.82) is 0 Å². The third kappa shape index (κ3) is 3.78. The molecule has 0 saturated carbocycles. The molecule has 1 amide bonds. The second-order valence-corrected chi connectivity index (χ2v) is 1.29. The number of rotatable bonds is 2. The van der Waals surface area contributed by atoms with E-state index in [2.05, 4.69) is 5.73 Å². The zero-order valence-corrected chi connectivity index (χ0v) is 3.86. The largest absolute Gasteiger partial charge is 0.369 e. The van der Waals surface area contributed by atoms with Gasteiger partial charge in [-0.3, -0.25) is 4.79 Å². The Morgan fingerprint density at radius 1 is 2.00 bits per heavy atom. The molecule has 0 fully saturated rings. The Balaban J connectivity index is 2.83. The Morgan fingerprint density at radius 2 is 2.50 bits per heavy atom. The van der Waals surface area contributed by atoms with E-state index in [1.807, 2.05) is 0 Å². The lowest BCUT2D eigenvalue weighted by Crippen LogP contribution is -2.12. The van der Waals surface area contributed by atoms with E-state index in [4.69, 9.17) is 4.55 Å². The number of carbonyl (C=O) groups excluding carboxylic acids is 1. The van der Waals surface area contributed by atoms with E-state index < -0.39 is 5.91 Å². The minimum absolute atomic E-state index is 0.0139. The van der Waals surface area contributed by atoms with Crippen molar-refractivity contribution in [3.05, 3.63) is 0 Å². The van der Waals surface area contributed by atoms with Crippen LogP contribution in [0.1, 0.15) is 0 Å². The van der Waals surface area contributed by atoms with E-state index in [0.29, 0.717) is 12.0 Å². The van der Waals surface area contributed by atoms with Gasteiger partial charge in [0.2, 0.25) is 5.91 Å². The van der Waals surface area contributed by atoms with E-state index in [0.717, 1.165) is 0 Å². The van der Waals surface area contributed by atoms with Gasteiger partial charge in [-0.1, -0.05) is 0 Å². The molecule has 0 heterocycles. The van der Waals surface area contributed by atoms with Crippen LogP contribution in [0.15, 0.2) is 0 Å². The summed E-state index contributed by atoms with van der Waals surface area (Å²) in [6.07, 6.45) is 0. The van der Waals surface area contributed by atoms with Gasteiger partial charge >= 0.3 is 0 Å². The Kier molecular flexibility index (Phi) is 2.88. The van der Waals surface area contributed by atoms with Gasteiger partial charge in [0.05, 0.1) is 5.75 Å². The normalized spacial score (nSPS) is 8.17. The van der Waals surface area contributed by atoms with Crippen molar-refractivity contribution >= 4 is 17.9 Å². The summed E-state index contributed by atoms with van der Waals surface area (Å²) in [5.41, 5.74) is 4.58. The fourth-order valence-corrected chi connectivity index (χ4v) is 0.191. The van der Waals surface area contributed by atoms with Crippen LogP contribution in [0.5, 0.6) is 0 Å². The van der Waals surface area contributed by atoms with Crippen molar-refractivity contribution in [2.24, 2.45) is 5.73 Å². The quantitative estimate of drug-likeness (QED) is 0.475. The molecule has 0 atom stereocenters. The number of primary amides is 1. The monoisotopic (exact) mass is 107 g/mol. The molecule has 4 heteroatoms. The van der Waals surface area contributed by atoms with Gasteiger partial charge in [0, 0.05) is 0 Å². The third-order valence-electron chi connectivity index (χ3n) is 0.207. The van der Waals surface area contributed by atoms with Gasteiger partial charge in [-0.05, 0) is 12.0 Å². The molecule has 0 aromatic carbocycles. The molecule has 0 bridgehead atoms. The molecule has 3 N–H and O–H groups in total. The fraction of sp³-hybridized carbons (Fsp3) is 0.500. The zero-order valence-electron chi connectivity index (χ0n) is 3.05. The highest BCUT2D eigenvalue weighted by molar-refractivity contribution is 7.94. The summed E-state index contributed by atoms with van der Waals surface area (Å²) >= 11 is 0.435. The highest BCUT2D eigenvalue weighted by atomic mass is 32.2. The highest BCUT2D eigenvalue weighted by Crippen LogP contribution is 1.84. The van der Waals surface area contributed by atoms with Crippen LogP contribution in [0.25, 0.3) is 0 Å². The molecule has 36 valence electrons. The molecule has 0 aliphatic rings. The van der Waals surface area contributed by atoms with E-state index in [1.54, 1.807) is 0 Å².